The molecule has 0 spiro atoms. The molecule has 3 nitrogen and oxygen atoms in total. The van der Waals surface area contributed by atoms with E-state index in [1.165, 1.54) is 6.42 Å². The molecule has 1 aliphatic heterocycles. The monoisotopic (exact) mass is 276 g/mol. The maximum atomic E-state index is 5.25. The number of methoxy groups -OCH3 is 1. The molecule has 0 unspecified atom stereocenters. The van der Waals surface area contributed by atoms with E-state index in [2.05, 4.69) is 24.2 Å². The fourth-order valence-corrected chi connectivity index (χ4v) is 1.52. The molecule has 0 bridgehead atoms. The van der Waals surface area contributed by atoms with Gasteiger partial charge in [-0.15, -0.1) is 0 Å². The quantitative estimate of drug-likeness (QED) is 0.676. The summed E-state index contributed by atoms with van der Waals surface area (Å²) in [6, 6.07) is 7.92. The van der Waals surface area contributed by atoms with Crippen LogP contribution in [0.25, 0.3) is 0 Å². The molecule has 1 N–H and O–H groups in total. The van der Waals surface area contributed by atoms with E-state index in [1.807, 2.05) is 52.0 Å². The molecule has 0 fully saturated rings. The molecule has 3 heteroatoms. The number of anilines is 1. The molecule has 1 aromatic carbocycles. The van der Waals surface area contributed by atoms with Gasteiger partial charge in [0.15, 0.2) is 0 Å². The van der Waals surface area contributed by atoms with Gasteiger partial charge >= 0.3 is 0 Å². The fourth-order valence-electron chi connectivity index (χ4n) is 1.52. The lowest BCUT2D eigenvalue weighted by molar-refractivity contribution is 0.403. The van der Waals surface area contributed by atoms with E-state index >= 15 is 0 Å². The van der Waals surface area contributed by atoms with Crippen molar-refractivity contribution in [2.45, 2.75) is 48.0 Å². The first kappa shape index (κ1) is 18.2. The van der Waals surface area contributed by atoms with Gasteiger partial charge in [-0.2, -0.15) is 0 Å². The van der Waals surface area contributed by atoms with E-state index in [0.29, 0.717) is 5.90 Å². The normalized spacial score (nSPS) is 11.6. The zero-order chi connectivity index (χ0) is 15.5. The van der Waals surface area contributed by atoms with Crippen LogP contribution in [0.4, 0.5) is 11.4 Å². The van der Waals surface area contributed by atoms with Crippen molar-refractivity contribution in [3.63, 3.8) is 0 Å². The Bertz CT molecular complexity index is 458. The number of para-hydroxylation sites is 2. The molecule has 0 aromatic heterocycles. The van der Waals surface area contributed by atoms with Crippen molar-refractivity contribution in [1.29, 1.82) is 0 Å². The van der Waals surface area contributed by atoms with Crippen LogP contribution in [0.5, 0.6) is 0 Å². The van der Waals surface area contributed by atoms with E-state index in [9.17, 15) is 0 Å². The van der Waals surface area contributed by atoms with Crippen molar-refractivity contribution in [3.8, 4) is 0 Å². The number of hydrogen-bond donors (Lipinski definition) is 1. The highest BCUT2D eigenvalue weighted by Crippen LogP contribution is 2.31. The number of nitrogens with one attached hydrogen (secondary N) is 1. The number of benzene rings is 1. The summed E-state index contributed by atoms with van der Waals surface area (Å²) in [4.78, 5) is 4.44. The Morgan fingerprint density at radius 2 is 1.70 bits per heavy atom. The van der Waals surface area contributed by atoms with E-state index in [1.54, 1.807) is 7.11 Å². The van der Waals surface area contributed by atoms with Gasteiger partial charge in [-0.25, -0.2) is 4.99 Å². The summed E-state index contributed by atoms with van der Waals surface area (Å²) in [7, 11) is 1.64. The smallest absolute Gasteiger partial charge is 0.238 e. The Labute approximate surface area is 123 Å². The first-order chi connectivity index (χ1) is 9.63. The average molecular weight is 276 g/mol. The van der Waals surface area contributed by atoms with Crippen molar-refractivity contribution in [2.24, 2.45) is 4.99 Å². The molecule has 0 saturated carbocycles. The lowest BCUT2D eigenvalue weighted by atomic mass is 10.2. The van der Waals surface area contributed by atoms with Crippen molar-refractivity contribution in [1.82, 2.24) is 0 Å². The zero-order valence-electron chi connectivity index (χ0n) is 13.9. The molecular weight excluding hydrogens is 248 g/mol. The number of hydrogen-bond acceptors (Lipinski definition) is 3. The molecule has 1 heterocycles. The van der Waals surface area contributed by atoms with Gasteiger partial charge < -0.3 is 10.1 Å². The van der Waals surface area contributed by atoms with E-state index in [4.69, 9.17) is 4.74 Å². The minimum absolute atomic E-state index is 0.647. The second kappa shape index (κ2) is 10.1. The Hall–Kier alpha value is -1.77. The van der Waals surface area contributed by atoms with Gasteiger partial charge in [0.2, 0.25) is 5.90 Å². The minimum Gasteiger partial charge on any atom is -0.480 e. The Kier molecular flexibility index (Phi) is 9.18. The topological polar surface area (TPSA) is 33.6 Å². The third kappa shape index (κ3) is 5.08. The standard InChI is InChI=1S/C12H14N2O.C3H8.C2H6/c1-8(2)11-12(15-3)14-10-7-5-4-6-9(10)13-11;1-3-2;1-2/h4-7,13H,1-3H3;3H2,1-2H3;1-2H3. The first-order valence-corrected chi connectivity index (χ1v) is 7.30. The molecule has 0 atom stereocenters. The molecule has 1 aromatic rings. The van der Waals surface area contributed by atoms with Gasteiger partial charge in [-0.3, -0.25) is 0 Å². The second-order valence-corrected chi connectivity index (χ2v) is 4.35. The molecule has 0 saturated heterocycles. The highest BCUT2D eigenvalue weighted by Gasteiger charge is 2.17. The molecule has 0 aliphatic carbocycles. The van der Waals surface area contributed by atoms with Crippen LogP contribution in [0, 0.1) is 0 Å². The average Bonchev–Trinajstić information content (AvgIpc) is 2.48. The lowest BCUT2D eigenvalue weighted by Crippen LogP contribution is -2.18. The Morgan fingerprint density at radius 1 is 1.15 bits per heavy atom. The summed E-state index contributed by atoms with van der Waals surface area (Å²) in [6.07, 6.45) is 1.25. The fraction of sp³-hybridized carbons (Fsp3) is 0.471. The Balaban J connectivity index is 0.000000641. The van der Waals surface area contributed by atoms with Crippen molar-refractivity contribution in [2.75, 3.05) is 12.4 Å². The molecule has 0 radical (unpaired) electrons. The van der Waals surface area contributed by atoms with Crippen molar-refractivity contribution >= 4 is 17.3 Å². The van der Waals surface area contributed by atoms with E-state index < -0.39 is 0 Å². The predicted octanol–water partition coefficient (Wildman–Crippen LogP) is 5.52. The van der Waals surface area contributed by atoms with Crippen LogP contribution in [-0.2, 0) is 4.74 Å². The predicted molar refractivity (Wildman–Crippen MR) is 89.9 cm³/mol. The lowest BCUT2D eigenvalue weighted by Gasteiger charge is -2.20. The van der Waals surface area contributed by atoms with Crippen LogP contribution in [0.15, 0.2) is 40.5 Å². The molecule has 20 heavy (non-hydrogen) atoms. The van der Waals surface area contributed by atoms with Gasteiger partial charge in [-0.05, 0) is 31.6 Å². The molecule has 1 aliphatic rings. The van der Waals surface area contributed by atoms with Gasteiger partial charge in [0.05, 0.1) is 18.5 Å². The van der Waals surface area contributed by atoms with Gasteiger partial charge in [0.1, 0.15) is 5.70 Å². The first-order valence-electron chi connectivity index (χ1n) is 7.30. The van der Waals surface area contributed by atoms with Gasteiger partial charge in [0, 0.05) is 0 Å². The number of ether oxygens (including phenoxy) is 1. The molecule has 2 rings (SSSR count). The largest absolute Gasteiger partial charge is 0.480 e. The van der Waals surface area contributed by atoms with Crippen LogP contribution >= 0.6 is 0 Å². The highest BCUT2D eigenvalue weighted by molar-refractivity contribution is 6.02. The summed E-state index contributed by atoms with van der Waals surface area (Å²) >= 11 is 0. The summed E-state index contributed by atoms with van der Waals surface area (Å²) in [5, 5.41) is 3.32. The number of aliphatic imine (C=N–C) groups is 1. The molecule has 112 valence electrons. The number of fused-ring (bicyclic) bond motifs is 1. The molecule has 0 amide bonds. The van der Waals surface area contributed by atoms with Crippen molar-refractivity contribution < 1.29 is 4.74 Å². The van der Waals surface area contributed by atoms with Crippen LogP contribution in [0.1, 0.15) is 48.0 Å². The maximum Gasteiger partial charge on any atom is 0.238 e. The summed E-state index contributed by atoms with van der Waals surface area (Å²) in [5.41, 5.74) is 4.05. The van der Waals surface area contributed by atoms with Gasteiger partial charge in [-0.1, -0.05) is 46.2 Å². The van der Waals surface area contributed by atoms with Crippen molar-refractivity contribution in [3.05, 3.63) is 35.5 Å². The summed E-state index contributed by atoms with van der Waals surface area (Å²) in [6.45, 7) is 12.3. The van der Waals surface area contributed by atoms with E-state index in [-0.39, 0.29) is 0 Å². The van der Waals surface area contributed by atoms with Crippen LogP contribution < -0.4 is 5.32 Å². The SMILES string of the molecule is CC.CCC.COC1=Nc2ccccc2NC1=C(C)C. The minimum atomic E-state index is 0.647. The van der Waals surface area contributed by atoms with Crippen LogP contribution in [-0.4, -0.2) is 13.0 Å². The van der Waals surface area contributed by atoms with Crippen LogP contribution in [0.3, 0.4) is 0 Å². The number of allylic oxidation sites excluding steroid dienone is 1. The highest BCUT2D eigenvalue weighted by atomic mass is 16.5. The zero-order valence-corrected chi connectivity index (χ0v) is 13.9. The number of nitrogens with zero attached hydrogens (tertiary/aromatic N) is 1. The summed E-state index contributed by atoms with van der Waals surface area (Å²) < 4.78 is 5.25. The van der Waals surface area contributed by atoms with Gasteiger partial charge in [0.25, 0.3) is 0 Å². The van der Waals surface area contributed by atoms with Crippen LogP contribution in [0.2, 0.25) is 0 Å². The maximum absolute atomic E-state index is 5.25. The Morgan fingerprint density at radius 3 is 2.20 bits per heavy atom. The third-order valence-corrected chi connectivity index (χ3v) is 2.29. The molecular formula is C17H28N2O. The third-order valence-electron chi connectivity index (χ3n) is 2.29. The van der Waals surface area contributed by atoms with E-state index in [0.717, 1.165) is 22.6 Å². The summed E-state index contributed by atoms with van der Waals surface area (Å²) in [5.74, 6) is 0.647. The number of rotatable bonds is 0. The second-order valence-electron chi connectivity index (χ2n) is 4.35.